The number of ketones is 1. The van der Waals surface area contributed by atoms with Crippen molar-refractivity contribution in [3.63, 3.8) is 0 Å². The third-order valence-corrected chi connectivity index (χ3v) is 1.25. The molecule has 1 aromatic heterocycles. The third kappa shape index (κ3) is 2.39. The van der Waals surface area contributed by atoms with Crippen molar-refractivity contribution >= 4 is 5.78 Å². The quantitative estimate of drug-likeness (QED) is 0.618. The van der Waals surface area contributed by atoms with Gasteiger partial charge in [0, 0.05) is 19.0 Å². The van der Waals surface area contributed by atoms with Crippen LogP contribution in [-0.4, -0.2) is 29.0 Å². The van der Waals surface area contributed by atoms with Gasteiger partial charge >= 0.3 is 0 Å². The van der Waals surface area contributed by atoms with Crippen molar-refractivity contribution in [2.24, 2.45) is 0 Å². The van der Waals surface area contributed by atoms with E-state index in [2.05, 4.69) is 9.97 Å². The molecule has 1 rings (SSSR count). The van der Waals surface area contributed by atoms with E-state index in [1.807, 2.05) is 6.92 Å². The number of carbonyl (C=O) groups is 1. The van der Waals surface area contributed by atoms with E-state index >= 15 is 0 Å². The minimum atomic E-state index is -0.183. The summed E-state index contributed by atoms with van der Waals surface area (Å²) in [5, 5.41) is 0. The zero-order chi connectivity index (χ0) is 8.81. The Kier molecular flexibility index (Phi) is 3.35. The number of nitrogens with zero attached hydrogens (tertiary/aromatic N) is 2. The molecule has 0 saturated heterocycles. The number of Topliss-reactive ketones (excluding diaryl/α,β-unsaturated/α-hetero) is 1. The van der Waals surface area contributed by atoms with E-state index in [4.69, 9.17) is 4.74 Å². The zero-order valence-electron chi connectivity index (χ0n) is 6.86. The molecule has 12 heavy (non-hydrogen) atoms. The maximum Gasteiger partial charge on any atom is 0.225 e. The van der Waals surface area contributed by atoms with Crippen molar-refractivity contribution in [2.45, 2.75) is 6.92 Å². The van der Waals surface area contributed by atoms with E-state index < -0.39 is 0 Å². The summed E-state index contributed by atoms with van der Waals surface area (Å²) in [6, 6.07) is 1.66. The van der Waals surface area contributed by atoms with Crippen LogP contribution in [0.1, 0.15) is 17.5 Å². The summed E-state index contributed by atoms with van der Waals surface area (Å²) in [6.07, 6.45) is 3.07. The van der Waals surface area contributed by atoms with Gasteiger partial charge in [-0.25, -0.2) is 9.97 Å². The number of rotatable bonds is 4. The molecular weight excluding hydrogens is 156 g/mol. The Morgan fingerprint density at radius 3 is 2.75 bits per heavy atom. The van der Waals surface area contributed by atoms with Gasteiger partial charge in [0.2, 0.25) is 5.78 Å². The van der Waals surface area contributed by atoms with Crippen LogP contribution in [0.5, 0.6) is 0 Å². The second-order valence-electron chi connectivity index (χ2n) is 2.13. The summed E-state index contributed by atoms with van der Waals surface area (Å²) in [4.78, 5) is 18.7. The fourth-order valence-corrected chi connectivity index (χ4v) is 0.702. The molecule has 0 amide bonds. The summed E-state index contributed by atoms with van der Waals surface area (Å²) in [6.45, 7) is 2.41. The predicted molar refractivity (Wildman–Crippen MR) is 42.9 cm³/mol. The Bertz CT molecular complexity index is 248. The standard InChI is InChI=1S/C8H10N2O2/c1-2-12-6-7(11)8-9-4-3-5-10-8/h3-5H,2,6H2,1H3. The van der Waals surface area contributed by atoms with Gasteiger partial charge in [0.1, 0.15) is 6.61 Å². The largest absolute Gasteiger partial charge is 0.373 e. The van der Waals surface area contributed by atoms with Crippen LogP contribution in [0.25, 0.3) is 0 Å². The first kappa shape index (κ1) is 8.80. The predicted octanol–water partition coefficient (Wildman–Crippen LogP) is 0.696. The first-order valence-electron chi connectivity index (χ1n) is 3.72. The van der Waals surface area contributed by atoms with E-state index in [1.165, 1.54) is 12.4 Å². The second kappa shape index (κ2) is 4.56. The second-order valence-corrected chi connectivity index (χ2v) is 2.13. The molecule has 0 spiro atoms. The van der Waals surface area contributed by atoms with Crippen LogP contribution in [0.4, 0.5) is 0 Å². The highest BCUT2D eigenvalue weighted by Gasteiger charge is 2.06. The number of ether oxygens (including phenoxy) is 1. The van der Waals surface area contributed by atoms with Gasteiger partial charge in [0.15, 0.2) is 5.82 Å². The molecule has 0 fully saturated rings. The monoisotopic (exact) mass is 166 g/mol. The average molecular weight is 166 g/mol. The highest BCUT2D eigenvalue weighted by Crippen LogP contribution is 1.90. The number of aromatic nitrogens is 2. The third-order valence-electron chi connectivity index (χ3n) is 1.25. The van der Waals surface area contributed by atoms with E-state index in [0.717, 1.165) is 0 Å². The fraction of sp³-hybridized carbons (Fsp3) is 0.375. The maximum absolute atomic E-state index is 11.2. The normalized spacial score (nSPS) is 9.75. The topological polar surface area (TPSA) is 52.1 Å². The first-order valence-corrected chi connectivity index (χ1v) is 3.72. The van der Waals surface area contributed by atoms with Gasteiger partial charge in [-0.2, -0.15) is 0 Å². The first-order chi connectivity index (χ1) is 5.84. The van der Waals surface area contributed by atoms with E-state index in [9.17, 15) is 4.79 Å². The van der Waals surface area contributed by atoms with Gasteiger partial charge in [-0.05, 0) is 13.0 Å². The molecule has 0 radical (unpaired) electrons. The lowest BCUT2D eigenvalue weighted by atomic mass is 10.4. The lowest BCUT2D eigenvalue weighted by Gasteiger charge is -1.97. The Balaban J connectivity index is 2.54. The van der Waals surface area contributed by atoms with Crippen LogP contribution in [0.15, 0.2) is 18.5 Å². The van der Waals surface area contributed by atoms with Crippen LogP contribution in [0.3, 0.4) is 0 Å². The lowest BCUT2D eigenvalue weighted by molar-refractivity contribution is 0.0773. The van der Waals surface area contributed by atoms with Crippen molar-refractivity contribution in [1.29, 1.82) is 0 Å². The van der Waals surface area contributed by atoms with Crippen molar-refractivity contribution in [3.05, 3.63) is 24.3 Å². The molecule has 0 aliphatic carbocycles. The van der Waals surface area contributed by atoms with Crippen molar-refractivity contribution in [2.75, 3.05) is 13.2 Å². The lowest BCUT2D eigenvalue weighted by Crippen LogP contribution is -2.12. The van der Waals surface area contributed by atoms with Crippen LogP contribution in [0, 0.1) is 0 Å². The summed E-state index contributed by atoms with van der Waals surface area (Å²) >= 11 is 0. The number of hydrogen-bond donors (Lipinski definition) is 0. The van der Waals surface area contributed by atoms with Crippen LogP contribution in [-0.2, 0) is 4.74 Å². The molecule has 0 aromatic carbocycles. The highest BCUT2D eigenvalue weighted by molar-refractivity contribution is 5.93. The number of carbonyl (C=O) groups excluding carboxylic acids is 1. The molecule has 0 aliphatic heterocycles. The molecule has 1 heterocycles. The van der Waals surface area contributed by atoms with Crippen LogP contribution >= 0.6 is 0 Å². The molecule has 0 bridgehead atoms. The highest BCUT2D eigenvalue weighted by atomic mass is 16.5. The molecule has 0 saturated carbocycles. The maximum atomic E-state index is 11.2. The Morgan fingerprint density at radius 1 is 1.50 bits per heavy atom. The van der Waals surface area contributed by atoms with Crippen molar-refractivity contribution in [3.8, 4) is 0 Å². The smallest absolute Gasteiger partial charge is 0.225 e. The fourth-order valence-electron chi connectivity index (χ4n) is 0.702. The Labute approximate surface area is 70.6 Å². The Hall–Kier alpha value is -1.29. The van der Waals surface area contributed by atoms with E-state index in [-0.39, 0.29) is 18.2 Å². The molecule has 0 N–H and O–H groups in total. The van der Waals surface area contributed by atoms with Gasteiger partial charge < -0.3 is 4.74 Å². The number of hydrogen-bond acceptors (Lipinski definition) is 4. The summed E-state index contributed by atoms with van der Waals surface area (Å²) < 4.78 is 4.92. The van der Waals surface area contributed by atoms with Crippen molar-refractivity contribution in [1.82, 2.24) is 9.97 Å². The summed E-state index contributed by atoms with van der Waals surface area (Å²) in [5.74, 6) is 0.0309. The SMILES string of the molecule is CCOCC(=O)c1ncccn1. The van der Waals surface area contributed by atoms with Crippen molar-refractivity contribution < 1.29 is 9.53 Å². The summed E-state index contributed by atoms with van der Waals surface area (Å²) in [5.41, 5.74) is 0. The van der Waals surface area contributed by atoms with Gasteiger partial charge in [-0.1, -0.05) is 0 Å². The Morgan fingerprint density at radius 2 is 2.17 bits per heavy atom. The average Bonchev–Trinajstić information content (AvgIpc) is 2.15. The van der Waals surface area contributed by atoms with Gasteiger partial charge in [-0.15, -0.1) is 0 Å². The van der Waals surface area contributed by atoms with Crippen LogP contribution in [0.2, 0.25) is 0 Å². The van der Waals surface area contributed by atoms with E-state index in [0.29, 0.717) is 6.61 Å². The molecule has 4 heteroatoms. The molecule has 0 unspecified atom stereocenters. The zero-order valence-corrected chi connectivity index (χ0v) is 6.86. The van der Waals surface area contributed by atoms with E-state index in [1.54, 1.807) is 6.07 Å². The molecule has 0 atom stereocenters. The molecule has 64 valence electrons. The van der Waals surface area contributed by atoms with Gasteiger partial charge in [0.05, 0.1) is 0 Å². The molecule has 1 aromatic rings. The van der Waals surface area contributed by atoms with Gasteiger partial charge in [0.25, 0.3) is 0 Å². The minimum absolute atomic E-state index is 0.0561. The molecule has 0 aliphatic rings. The molecule has 4 nitrogen and oxygen atoms in total. The van der Waals surface area contributed by atoms with Crippen LogP contribution < -0.4 is 0 Å². The molecular formula is C8H10N2O2. The minimum Gasteiger partial charge on any atom is -0.373 e. The van der Waals surface area contributed by atoms with Gasteiger partial charge in [-0.3, -0.25) is 4.79 Å². The summed E-state index contributed by atoms with van der Waals surface area (Å²) in [7, 11) is 0.